The lowest BCUT2D eigenvalue weighted by atomic mass is 10.1. The summed E-state index contributed by atoms with van der Waals surface area (Å²) in [6, 6.07) is 5.83. The molecule has 0 saturated heterocycles. The predicted molar refractivity (Wildman–Crippen MR) is 97.2 cm³/mol. The smallest absolute Gasteiger partial charge is 0.241 e. The molecule has 23 heavy (non-hydrogen) atoms. The molecule has 6 heteroatoms. The number of halogens is 1. The first-order chi connectivity index (χ1) is 11.0. The van der Waals surface area contributed by atoms with E-state index in [1.54, 1.807) is 0 Å². The van der Waals surface area contributed by atoms with E-state index in [1.165, 1.54) is 0 Å². The topological polar surface area (TPSA) is 44.4 Å². The number of nitrogens with one attached hydrogen (secondary N) is 2. The van der Waals surface area contributed by atoms with Crippen molar-refractivity contribution in [2.45, 2.75) is 46.6 Å². The number of benzene rings is 1. The van der Waals surface area contributed by atoms with Gasteiger partial charge in [-0.2, -0.15) is 0 Å². The summed E-state index contributed by atoms with van der Waals surface area (Å²) in [4.78, 5) is 14.9. The number of rotatable bonds is 10. The zero-order valence-electron chi connectivity index (χ0n) is 14.5. The fourth-order valence-electron chi connectivity index (χ4n) is 2.75. The van der Waals surface area contributed by atoms with Crippen molar-refractivity contribution in [3.63, 3.8) is 0 Å². The number of amides is 1. The maximum Gasteiger partial charge on any atom is 0.241 e. The monoisotopic (exact) mass is 341 g/mol. The summed E-state index contributed by atoms with van der Waals surface area (Å²) in [6.07, 6.45) is 1.55. The Kier molecular flexibility index (Phi) is 9.21. The molecule has 0 heterocycles. The minimum Gasteiger partial charge on any atom is -0.324 e. The molecule has 0 saturated carbocycles. The molecular weight excluding hydrogens is 313 g/mol. The van der Waals surface area contributed by atoms with Gasteiger partial charge < -0.3 is 5.32 Å². The Bertz CT molecular complexity index is 478. The molecule has 1 atom stereocenters. The van der Waals surface area contributed by atoms with Gasteiger partial charge in [0.25, 0.3) is 0 Å². The van der Waals surface area contributed by atoms with Gasteiger partial charge in [-0.1, -0.05) is 32.0 Å². The van der Waals surface area contributed by atoms with E-state index in [0.717, 1.165) is 42.7 Å². The molecule has 0 spiro atoms. The van der Waals surface area contributed by atoms with Crippen LogP contribution in [-0.2, 0) is 4.79 Å². The van der Waals surface area contributed by atoms with Crippen LogP contribution in [0.4, 0.5) is 9.57 Å². The van der Waals surface area contributed by atoms with Crippen LogP contribution < -0.4 is 10.0 Å². The first kappa shape index (κ1) is 19.9. The Hall–Kier alpha value is -1.11. The van der Waals surface area contributed by atoms with Crippen LogP contribution in [0, 0.1) is 13.8 Å². The fourth-order valence-corrected chi connectivity index (χ4v) is 2.98. The molecule has 4 nitrogen and oxygen atoms in total. The fraction of sp³-hybridized carbons (Fsp3) is 0.588. The molecule has 1 aromatic carbocycles. The summed E-state index contributed by atoms with van der Waals surface area (Å²) in [7, 11) is 0. The number of carbonyl (C=O) groups excluding carboxylic acids is 1. The van der Waals surface area contributed by atoms with Crippen molar-refractivity contribution in [1.29, 1.82) is 0 Å². The van der Waals surface area contributed by atoms with Crippen molar-refractivity contribution < 1.29 is 8.68 Å². The van der Waals surface area contributed by atoms with Gasteiger partial charge in [0.1, 0.15) is 12.3 Å². The molecular formula is C17H28FN3OS. The van der Waals surface area contributed by atoms with Crippen LogP contribution in [0.3, 0.4) is 0 Å². The third-order valence-electron chi connectivity index (χ3n) is 4.04. The van der Waals surface area contributed by atoms with Crippen LogP contribution in [0.2, 0.25) is 0 Å². The second kappa shape index (κ2) is 10.6. The molecule has 0 radical (unpaired) electrons. The van der Waals surface area contributed by atoms with Crippen molar-refractivity contribution in [3.8, 4) is 0 Å². The molecule has 0 aliphatic carbocycles. The number of hydrogen-bond acceptors (Lipinski definition) is 4. The summed E-state index contributed by atoms with van der Waals surface area (Å²) in [5.74, 6) is 0.0274. The van der Waals surface area contributed by atoms with E-state index in [2.05, 4.69) is 14.9 Å². The van der Waals surface area contributed by atoms with Gasteiger partial charge in [0.15, 0.2) is 0 Å². The highest BCUT2D eigenvalue weighted by molar-refractivity contribution is 7.92. The standard InChI is InChI=1S/C17H28FN3OS/c1-5-15(21(6-2)12-8-11-19-23-18)17(22)20-16-13(3)9-7-10-14(16)4/h7,9-10,15,19H,5-6,8,11-12H2,1-4H3,(H,20,22). The average molecular weight is 341 g/mol. The molecule has 2 N–H and O–H groups in total. The van der Waals surface area contributed by atoms with Gasteiger partial charge in [-0.05, 0) is 44.4 Å². The lowest BCUT2D eigenvalue weighted by Crippen LogP contribution is -2.44. The van der Waals surface area contributed by atoms with E-state index in [-0.39, 0.29) is 24.3 Å². The van der Waals surface area contributed by atoms with Crippen LogP contribution in [0.25, 0.3) is 0 Å². The SMILES string of the molecule is CCC(C(=O)Nc1c(C)cccc1C)N(CC)CCCNSF. The molecule has 0 aromatic heterocycles. The number of anilines is 1. The lowest BCUT2D eigenvalue weighted by molar-refractivity contribution is -0.121. The Labute approximate surface area is 143 Å². The van der Waals surface area contributed by atoms with Crippen molar-refractivity contribution >= 4 is 23.9 Å². The predicted octanol–water partition coefficient (Wildman–Crippen LogP) is 3.85. The normalized spacial score (nSPS) is 12.4. The highest BCUT2D eigenvalue weighted by atomic mass is 32.2. The van der Waals surface area contributed by atoms with E-state index < -0.39 is 0 Å². The molecule has 1 amide bonds. The van der Waals surface area contributed by atoms with Crippen LogP contribution in [0.1, 0.15) is 37.8 Å². The minimum atomic E-state index is -0.169. The zero-order chi connectivity index (χ0) is 17.2. The highest BCUT2D eigenvalue weighted by Gasteiger charge is 2.23. The van der Waals surface area contributed by atoms with Crippen LogP contribution >= 0.6 is 12.3 Å². The third kappa shape index (κ3) is 6.12. The Morgan fingerprint density at radius 1 is 1.30 bits per heavy atom. The molecule has 1 unspecified atom stereocenters. The van der Waals surface area contributed by atoms with E-state index in [0.29, 0.717) is 6.54 Å². The number of hydrogen-bond donors (Lipinski definition) is 2. The van der Waals surface area contributed by atoms with Gasteiger partial charge in [-0.25, -0.2) is 4.72 Å². The maximum atomic E-state index is 12.7. The summed E-state index contributed by atoms with van der Waals surface area (Å²) in [6.45, 7) is 10.2. The molecule has 1 rings (SSSR count). The van der Waals surface area contributed by atoms with Gasteiger partial charge in [-0.15, -0.1) is 3.89 Å². The number of likely N-dealkylation sites (N-methyl/N-ethyl adjacent to an activating group) is 1. The van der Waals surface area contributed by atoms with E-state index in [4.69, 9.17) is 0 Å². The van der Waals surface area contributed by atoms with Gasteiger partial charge in [0.05, 0.1) is 6.04 Å². The first-order valence-electron chi connectivity index (χ1n) is 8.16. The molecule has 0 fully saturated rings. The van der Waals surface area contributed by atoms with Crippen molar-refractivity contribution in [2.24, 2.45) is 0 Å². The van der Waals surface area contributed by atoms with Crippen molar-refractivity contribution in [1.82, 2.24) is 9.62 Å². The number of carbonyl (C=O) groups is 1. The average Bonchev–Trinajstić information content (AvgIpc) is 2.54. The molecule has 0 aliphatic rings. The van der Waals surface area contributed by atoms with Gasteiger partial charge in [-0.3, -0.25) is 9.69 Å². The summed E-state index contributed by atoms with van der Waals surface area (Å²) >= 11 is 0.139. The summed E-state index contributed by atoms with van der Waals surface area (Å²) < 4.78 is 14.6. The Balaban J connectivity index is 2.72. The number of nitrogens with zero attached hydrogens (tertiary/aromatic N) is 1. The number of para-hydroxylation sites is 1. The zero-order valence-corrected chi connectivity index (χ0v) is 15.3. The second-order valence-corrected chi connectivity index (χ2v) is 6.08. The number of aryl methyl sites for hydroxylation is 2. The van der Waals surface area contributed by atoms with Gasteiger partial charge in [0.2, 0.25) is 5.91 Å². The van der Waals surface area contributed by atoms with Crippen molar-refractivity contribution in [2.75, 3.05) is 25.0 Å². The minimum absolute atomic E-state index is 0.0274. The summed E-state index contributed by atoms with van der Waals surface area (Å²) in [5.41, 5.74) is 3.04. The Morgan fingerprint density at radius 2 is 1.96 bits per heavy atom. The second-order valence-electron chi connectivity index (χ2n) is 5.63. The summed E-state index contributed by atoms with van der Waals surface area (Å²) in [5, 5.41) is 3.09. The van der Waals surface area contributed by atoms with Crippen LogP contribution in [-0.4, -0.2) is 36.5 Å². The van der Waals surface area contributed by atoms with Crippen molar-refractivity contribution in [3.05, 3.63) is 29.3 Å². The largest absolute Gasteiger partial charge is 0.324 e. The highest BCUT2D eigenvalue weighted by Crippen LogP contribution is 2.20. The molecule has 1 aromatic rings. The van der Waals surface area contributed by atoms with Gasteiger partial charge in [0, 0.05) is 18.8 Å². The van der Waals surface area contributed by atoms with E-state index in [1.807, 2.05) is 45.9 Å². The maximum absolute atomic E-state index is 12.7. The van der Waals surface area contributed by atoms with Gasteiger partial charge >= 0.3 is 0 Å². The molecule has 0 aliphatic heterocycles. The molecule has 130 valence electrons. The lowest BCUT2D eigenvalue weighted by Gasteiger charge is -2.29. The third-order valence-corrected chi connectivity index (χ3v) is 4.36. The van der Waals surface area contributed by atoms with E-state index >= 15 is 0 Å². The first-order valence-corrected chi connectivity index (χ1v) is 8.88. The molecule has 0 bridgehead atoms. The Morgan fingerprint density at radius 3 is 2.48 bits per heavy atom. The van der Waals surface area contributed by atoms with Crippen LogP contribution in [0.5, 0.6) is 0 Å². The quantitative estimate of drug-likeness (QED) is 0.501. The van der Waals surface area contributed by atoms with E-state index in [9.17, 15) is 8.68 Å². The van der Waals surface area contributed by atoms with Crippen LogP contribution in [0.15, 0.2) is 18.2 Å².